The molecule has 0 amide bonds. The average molecular weight is 282 g/mol. The third-order valence-corrected chi connectivity index (χ3v) is 2.77. The zero-order chi connectivity index (χ0) is 13.1. The van der Waals surface area contributed by atoms with E-state index in [0.717, 1.165) is 0 Å². The minimum absolute atomic E-state index is 0.0553. The lowest BCUT2D eigenvalue weighted by molar-refractivity contribution is 0.628. The van der Waals surface area contributed by atoms with Crippen molar-refractivity contribution in [3.05, 3.63) is 52.9 Å². The van der Waals surface area contributed by atoms with Crippen molar-refractivity contribution in [2.24, 2.45) is 5.73 Å². The maximum atomic E-state index is 13.0. The number of nitrogens with two attached hydrogens (primary N) is 1. The lowest BCUT2D eigenvalue weighted by Crippen LogP contribution is -2.09. The number of thiocarbonyl (C=S) groups is 1. The Balaban J connectivity index is 2.18. The lowest BCUT2D eigenvalue weighted by atomic mass is 10.2. The first kappa shape index (κ1) is 12.7. The first-order valence-electron chi connectivity index (χ1n) is 5.04. The van der Waals surface area contributed by atoms with Crippen LogP contribution in [0.2, 0.25) is 5.02 Å². The van der Waals surface area contributed by atoms with E-state index in [0.29, 0.717) is 22.1 Å². The molecule has 0 bridgehead atoms. The molecule has 0 aliphatic carbocycles. The Morgan fingerprint density at radius 3 is 2.67 bits per heavy atom. The summed E-state index contributed by atoms with van der Waals surface area (Å²) in [6.45, 7) is 0. The van der Waals surface area contributed by atoms with Crippen molar-refractivity contribution in [2.75, 3.05) is 5.32 Å². The summed E-state index contributed by atoms with van der Waals surface area (Å²) in [7, 11) is 0. The summed E-state index contributed by atoms with van der Waals surface area (Å²) in [5, 5.41) is 3.05. The summed E-state index contributed by atoms with van der Waals surface area (Å²) >= 11 is 10.5. The van der Waals surface area contributed by atoms with Gasteiger partial charge < -0.3 is 11.1 Å². The highest BCUT2D eigenvalue weighted by molar-refractivity contribution is 7.80. The quantitative estimate of drug-likeness (QED) is 0.848. The molecule has 1 heterocycles. The van der Waals surface area contributed by atoms with Crippen LogP contribution in [0.5, 0.6) is 0 Å². The number of benzene rings is 1. The highest BCUT2D eigenvalue weighted by Gasteiger charge is 2.02. The van der Waals surface area contributed by atoms with Crippen LogP contribution in [0.1, 0.15) is 5.56 Å². The van der Waals surface area contributed by atoms with Crippen LogP contribution >= 0.6 is 23.8 Å². The second-order valence-electron chi connectivity index (χ2n) is 3.55. The largest absolute Gasteiger partial charge is 0.389 e. The third-order valence-electron chi connectivity index (χ3n) is 2.24. The molecule has 0 aliphatic rings. The van der Waals surface area contributed by atoms with Crippen LogP contribution in [0.3, 0.4) is 0 Å². The SMILES string of the molecule is NC(=S)c1ccc(Nc2ccc(F)c(Cl)c2)nc1. The van der Waals surface area contributed by atoms with Crippen LogP contribution in [-0.2, 0) is 0 Å². The van der Waals surface area contributed by atoms with Gasteiger partial charge in [0, 0.05) is 17.4 Å². The van der Waals surface area contributed by atoms with E-state index in [1.54, 1.807) is 24.4 Å². The summed E-state index contributed by atoms with van der Waals surface area (Å²) in [4.78, 5) is 4.42. The van der Waals surface area contributed by atoms with E-state index in [4.69, 9.17) is 29.6 Å². The van der Waals surface area contributed by atoms with Gasteiger partial charge in [0.15, 0.2) is 0 Å². The zero-order valence-electron chi connectivity index (χ0n) is 9.15. The van der Waals surface area contributed by atoms with Gasteiger partial charge in [-0.25, -0.2) is 9.37 Å². The normalized spacial score (nSPS) is 10.1. The van der Waals surface area contributed by atoms with Crippen LogP contribution < -0.4 is 11.1 Å². The van der Waals surface area contributed by atoms with Gasteiger partial charge in [0.25, 0.3) is 0 Å². The number of halogens is 2. The Morgan fingerprint density at radius 1 is 1.33 bits per heavy atom. The third kappa shape index (κ3) is 2.94. The van der Waals surface area contributed by atoms with Gasteiger partial charge in [-0.3, -0.25) is 0 Å². The minimum atomic E-state index is -0.459. The van der Waals surface area contributed by atoms with E-state index in [-0.39, 0.29) is 5.02 Å². The molecule has 3 N–H and O–H groups in total. The standard InChI is InChI=1S/C12H9ClFN3S/c13-9-5-8(2-3-10(9)14)17-11-4-1-7(6-16-11)12(15)18/h1-6H,(H2,15,18)(H,16,17). The van der Waals surface area contributed by atoms with Crippen LogP contribution in [0, 0.1) is 5.82 Å². The smallest absolute Gasteiger partial charge is 0.141 e. The average Bonchev–Trinajstić information content (AvgIpc) is 2.34. The Morgan fingerprint density at radius 2 is 2.11 bits per heavy atom. The first-order chi connectivity index (χ1) is 8.56. The molecular weight excluding hydrogens is 273 g/mol. The second-order valence-corrected chi connectivity index (χ2v) is 4.40. The van der Waals surface area contributed by atoms with Crippen molar-refractivity contribution in [3.8, 4) is 0 Å². The number of nitrogens with one attached hydrogen (secondary N) is 1. The van der Waals surface area contributed by atoms with Gasteiger partial charge >= 0.3 is 0 Å². The van der Waals surface area contributed by atoms with Gasteiger partial charge in [-0.05, 0) is 30.3 Å². The lowest BCUT2D eigenvalue weighted by Gasteiger charge is -2.06. The van der Waals surface area contributed by atoms with Crippen molar-refractivity contribution < 1.29 is 4.39 Å². The molecular formula is C12H9ClFN3S. The molecule has 0 unspecified atom stereocenters. The van der Waals surface area contributed by atoms with Crippen LogP contribution in [-0.4, -0.2) is 9.97 Å². The first-order valence-corrected chi connectivity index (χ1v) is 5.83. The van der Waals surface area contributed by atoms with E-state index >= 15 is 0 Å². The molecule has 18 heavy (non-hydrogen) atoms. The Hall–Kier alpha value is -1.72. The van der Waals surface area contributed by atoms with Crippen molar-refractivity contribution in [2.45, 2.75) is 0 Å². The predicted octanol–water partition coefficient (Wildman–Crippen LogP) is 3.25. The van der Waals surface area contributed by atoms with E-state index in [1.165, 1.54) is 12.1 Å². The van der Waals surface area contributed by atoms with E-state index in [9.17, 15) is 4.39 Å². The molecule has 0 fully saturated rings. The summed E-state index contributed by atoms with van der Waals surface area (Å²) < 4.78 is 13.0. The molecule has 3 nitrogen and oxygen atoms in total. The van der Waals surface area contributed by atoms with E-state index in [1.807, 2.05) is 0 Å². The monoisotopic (exact) mass is 281 g/mol. The van der Waals surface area contributed by atoms with Crippen molar-refractivity contribution in [3.63, 3.8) is 0 Å². The molecule has 0 radical (unpaired) electrons. The van der Waals surface area contributed by atoms with E-state index in [2.05, 4.69) is 10.3 Å². The molecule has 2 rings (SSSR count). The second kappa shape index (κ2) is 5.29. The topological polar surface area (TPSA) is 50.9 Å². The number of nitrogens with zero attached hydrogens (tertiary/aromatic N) is 1. The number of pyridine rings is 1. The summed E-state index contributed by atoms with van der Waals surface area (Å²) in [6, 6.07) is 7.83. The molecule has 1 aromatic carbocycles. The molecule has 2 aromatic rings. The van der Waals surface area contributed by atoms with Gasteiger partial charge in [-0.1, -0.05) is 23.8 Å². The predicted molar refractivity (Wildman–Crippen MR) is 74.8 cm³/mol. The minimum Gasteiger partial charge on any atom is -0.389 e. The zero-order valence-corrected chi connectivity index (χ0v) is 10.7. The van der Waals surface area contributed by atoms with Crippen LogP contribution in [0.4, 0.5) is 15.9 Å². The molecule has 1 aromatic heterocycles. The molecule has 0 saturated heterocycles. The van der Waals surface area contributed by atoms with Gasteiger partial charge in [-0.15, -0.1) is 0 Å². The maximum Gasteiger partial charge on any atom is 0.141 e. The Bertz CT molecular complexity index is 586. The van der Waals surface area contributed by atoms with Crippen molar-refractivity contribution in [1.29, 1.82) is 0 Å². The van der Waals surface area contributed by atoms with Gasteiger partial charge in [-0.2, -0.15) is 0 Å². The summed E-state index contributed by atoms with van der Waals surface area (Å²) in [5.74, 6) is 0.136. The number of rotatable bonds is 3. The molecule has 0 spiro atoms. The molecule has 0 saturated carbocycles. The summed E-state index contributed by atoms with van der Waals surface area (Å²) in [6.07, 6.45) is 1.57. The van der Waals surface area contributed by atoms with Gasteiger partial charge in [0.1, 0.15) is 16.6 Å². The fraction of sp³-hybridized carbons (Fsp3) is 0. The van der Waals surface area contributed by atoms with Crippen molar-refractivity contribution in [1.82, 2.24) is 4.98 Å². The number of aromatic nitrogens is 1. The van der Waals surface area contributed by atoms with Gasteiger partial charge in [0.05, 0.1) is 5.02 Å². The highest BCUT2D eigenvalue weighted by atomic mass is 35.5. The molecule has 0 aliphatic heterocycles. The number of anilines is 2. The van der Waals surface area contributed by atoms with Crippen LogP contribution in [0.25, 0.3) is 0 Å². The molecule has 6 heteroatoms. The summed E-state index contributed by atoms with van der Waals surface area (Å²) in [5.41, 5.74) is 6.80. The molecule has 0 atom stereocenters. The maximum absolute atomic E-state index is 13.0. The number of hydrogen-bond donors (Lipinski definition) is 2. The highest BCUT2D eigenvalue weighted by Crippen LogP contribution is 2.21. The van der Waals surface area contributed by atoms with Gasteiger partial charge in [0.2, 0.25) is 0 Å². The Kier molecular flexibility index (Phi) is 3.74. The Labute approximate surface area is 114 Å². The van der Waals surface area contributed by atoms with E-state index < -0.39 is 5.82 Å². The molecule has 92 valence electrons. The fourth-order valence-electron chi connectivity index (χ4n) is 1.34. The van der Waals surface area contributed by atoms with Crippen molar-refractivity contribution >= 4 is 40.3 Å². The fourth-order valence-corrected chi connectivity index (χ4v) is 1.64. The van der Waals surface area contributed by atoms with Crippen LogP contribution in [0.15, 0.2) is 36.5 Å². The number of hydrogen-bond acceptors (Lipinski definition) is 3.